The number of likely N-dealkylation sites (N-methyl/N-ethyl adjacent to an activating group) is 1. The van der Waals surface area contributed by atoms with Crippen LogP contribution < -0.4 is 5.32 Å². The number of nitrogens with zero attached hydrogens (tertiary/aromatic N) is 3. The summed E-state index contributed by atoms with van der Waals surface area (Å²) in [7, 11) is -3.03. The van der Waals surface area contributed by atoms with Gasteiger partial charge >= 0.3 is 16.4 Å². The van der Waals surface area contributed by atoms with Gasteiger partial charge in [-0.05, 0) is 38.8 Å². The monoisotopic (exact) mass is 362 g/mol. The maximum Gasteiger partial charge on any atom is 0.418 e. The van der Waals surface area contributed by atoms with E-state index in [-0.39, 0.29) is 18.5 Å². The molecule has 11 heteroatoms. The Morgan fingerprint density at radius 2 is 1.96 bits per heavy atom. The molecule has 0 saturated carbocycles. The molecule has 0 aromatic heterocycles. The molecule has 0 aromatic rings. The summed E-state index contributed by atoms with van der Waals surface area (Å²) < 4.78 is 35.0. The van der Waals surface area contributed by atoms with Crippen molar-refractivity contribution in [2.75, 3.05) is 26.7 Å². The first-order chi connectivity index (χ1) is 11.3. The van der Waals surface area contributed by atoms with E-state index < -0.39 is 28.5 Å². The molecule has 3 fully saturated rings. The molecule has 3 aliphatic rings. The van der Waals surface area contributed by atoms with Gasteiger partial charge in [0.2, 0.25) is 5.91 Å². The summed E-state index contributed by atoms with van der Waals surface area (Å²) in [6.45, 7) is 1.92. The smallest absolute Gasteiger partial charge is 0.341 e. The maximum absolute atomic E-state index is 12.8. The Labute approximate surface area is 140 Å². The fourth-order valence-corrected chi connectivity index (χ4v) is 4.09. The van der Waals surface area contributed by atoms with Crippen molar-refractivity contribution in [1.29, 1.82) is 0 Å². The molecule has 0 spiro atoms. The second-order valence-electron chi connectivity index (χ2n) is 6.44. The Balaban J connectivity index is 1.70. The summed E-state index contributed by atoms with van der Waals surface area (Å²) in [6.07, 6.45) is 2.61. The minimum atomic E-state index is -4.77. The Morgan fingerprint density at radius 3 is 2.58 bits per heavy atom. The van der Waals surface area contributed by atoms with Crippen LogP contribution in [0.1, 0.15) is 25.7 Å². The molecule has 2 atom stereocenters. The number of hydroxylamine groups is 2. The van der Waals surface area contributed by atoms with Crippen LogP contribution in [-0.4, -0.2) is 84.6 Å². The topological polar surface area (TPSA) is 119 Å². The lowest BCUT2D eigenvalue weighted by molar-refractivity contribution is -0.137. The number of urea groups is 1. The molecule has 0 aromatic carbocycles. The Kier molecular flexibility index (Phi) is 4.69. The normalized spacial score (nSPS) is 28.3. The predicted molar refractivity (Wildman–Crippen MR) is 82.0 cm³/mol. The second-order valence-corrected chi connectivity index (χ2v) is 7.44. The first-order valence-electron chi connectivity index (χ1n) is 8.02. The van der Waals surface area contributed by atoms with Gasteiger partial charge in [-0.3, -0.25) is 9.35 Å². The van der Waals surface area contributed by atoms with Crippen LogP contribution in [0.4, 0.5) is 4.79 Å². The maximum atomic E-state index is 12.8. The third-order valence-electron chi connectivity index (χ3n) is 4.99. The van der Waals surface area contributed by atoms with Crippen LogP contribution in [0.2, 0.25) is 0 Å². The fraction of sp³-hybridized carbons (Fsp3) is 0.846. The number of rotatable bonds is 4. The zero-order valence-electron chi connectivity index (χ0n) is 13.4. The molecule has 3 saturated heterocycles. The van der Waals surface area contributed by atoms with Gasteiger partial charge in [-0.15, -0.1) is 4.28 Å². The highest BCUT2D eigenvalue weighted by Crippen LogP contribution is 2.31. The highest BCUT2D eigenvalue weighted by molar-refractivity contribution is 7.80. The van der Waals surface area contributed by atoms with Crippen LogP contribution >= 0.6 is 0 Å². The molecule has 0 unspecified atom stereocenters. The molecule has 10 nitrogen and oxygen atoms in total. The van der Waals surface area contributed by atoms with E-state index in [0.717, 1.165) is 25.9 Å². The summed E-state index contributed by atoms with van der Waals surface area (Å²) in [6, 6.07) is -1.66. The van der Waals surface area contributed by atoms with E-state index in [4.69, 9.17) is 4.55 Å². The molecule has 136 valence electrons. The number of hydrogen-bond donors (Lipinski definition) is 2. The van der Waals surface area contributed by atoms with Crippen molar-refractivity contribution in [3.05, 3.63) is 0 Å². The first kappa shape index (κ1) is 17.4. The molecule has 3 rings (SSSR count). The van der Waals surface area contributed by atoms with Crippen molar-refractivity contribution in [3.63, 3.8) is 0 Å². The molecule has 0 aliphatic carbocycles. The van der Waals surface area contributed by atoms with Crippen molar-refractivity contribution < 1.29 is 26.8 Å². The van der Waals surface area contributed by atoms with Gasteiger partial charge in [0.15, 0.2) is 0 Å². The molecule has 0 radical (unpaired) electrons. The second kappa shape index (κ2) is 6.47. The molecular weight excluding hydrogens is 340 g/mol. The standard InChI is InChI=1S/C13H22N4O6S/c1-15(9-4-6-14-7-5-9)12(18)11-3-2-10-8-16(11)13(19)17(10)23-24(20,21)22/h9-11,14H,2-8H2,1H3,(H,20,21,22)/t10-,11-/m0/s1. The Morgan fingerprint density at radius 1 is 1.29 bits per heavy atom. The van der Waals surface area contributed by atoms with Gasteiger partial charge in [-0.1, -0.05) is 0 Å². The van der Waals surface area contributed by atoms with E-state index in [9.17, 15) is 18.0 Å². The molecule has 24 heavy (non-hydrogen) atoms. The number of fused-ring (bicyclic) bond motifs is 2. The minimum Gasteiger partial charge on any atom is -0.341 e. The van der Waals surface area contributed by atoms with Crippen molar-refractivity contribution in [2.24, 2.45) is 0 Å². The fourth-order valence-electron chi connectivity index (χ4n) is 3.70. The van der Waals surface area contributed by atoms with E-state index in [1.807, 2.05) is 0 Å². The van der Waals surface area contributed by atoms with Gasteiger partial charge in [0.25, 0.3) is 0 Å². The minimum absolute atomic E-state index is 0.137. The SMILES string of the molecule is CN(C(=O)[C@@H]1CC[C@H]2CN1C(=O)N2OS(=O)(=O)O)C1CCNCC1. The lowest BCUT2D eigenvalue weighted by atomic mass is 9.98. The van der Waals surface area contributed by atoms with Crippen molar-refractivity contribution in [3.8, 4) is 0 Å². The van der Waals surface area contributed by atoms with Crippen LogP contribution in [0, 0.1) is 0 Å². The van der Waals surface area contributed by atoms with Crippen LogP contribution in [0.15, 0.2) is 0 Å². The molecule has 2 N–H and O–H groups in total. The van der Waals surface area contributed by atoms with Gasteiger partial charge in [0, 0.05) is 19.6 Å². The number of amides is 3. The highest BCUT2D eigenvalue weighted by Gasteiger charge is 2.50. The summed E-state index contributed by atoms with van der Waals surface area (Å²) >= 11 is 0. The molecule has 3 amide bonds. The van der Waals surface area contributed by atoms with Gasteiger partial charge in [0.05, 0.1) is 6.04 Å². The predicted octanol–water partition coefficient (Wildman–Crippen LogP) is -0.800. The molecule has 3 aliphatic heterocycles. The molecular formula is C13H22N4O6S. The molecule has 2 bridgehead atoms. The third-order valence-corrected chi connectivity index (χ3v) is 5.34. The summed E-state index contributed by atoms with van der Waals surface area (Å²) in [5, 5.41) is 3.90. The Bertz CT molecular complexity index is 620. The van der Waals surface area contributed by atoms with Crippen LogP contribution in [0.5, 0.6) is 0 Å². The van der Waals surface area contributed by atoms with E-state index >= 15 is 0 Å². The van der Waals surface area contributed by atoms with Gasteiger partial charge in [-0.25, -0.2) is 4.79 Å². The van der Waals surface area contributed by atoms with Crippen LogP contribution in [0.25, 0.3) is 0 Å². The lowest BCUT2D eigenvalue weighted by Crippen LogP contribution is -2.54. The van der Waals surface area contributed by atoms with Crippen LogP contribution in [0.3, 0.4) is 0 Å². The average molecular weight is 362 g/mol. The summed E-state index contributed by atoms with van der Waals surface area (Å²) in [4.78, 5) is 28.2. The number of carbonyl (C=O) groups is 2. The number of nitrogens with one attached hydrogen (secondary N) is 1. The zero-order chi connectivity index (χ0) is 17.5. The van der Waals surface area contributed by atoms with Crippen LogP contribution in [-0.2, 0) is 19.5 Å². The summed E-state index contributed by atoms with van der Waals surface area (Å²) in [5.74, 6) is -0.137. The van der Waals surface area contributed by atoms with Crippen molar-refractivity contribution in [1.82, 2.24) is 20.2 Å². The lowest BCUT2D eigenvalue weighted by Gasteiger charge is -2.37. The van der Waals surface area contributed by atoms with Gasteiger partial charge in [-0.2, -0.15) is 13.5 Å². The third kappa shape index (κ3) is 3.34. The van der Waals surface area contributed by atoms with Gasteiger partial charge in [0.1, 0.15) is 6.04 Å². The van der Waals surface area contributed by atoms with E-state index in [2.05, 4.69) is 9.60 Å². The van der Waals surface area contributed by atoms with Crippen molar-refractivity contribution >= 4 is 22.3 Å². The first-order valence-corrected chi connectivity index (χ1v) is 9.38. The largest absolute Gasteiger partial charge is 0.418 e. The highest BCUT2D eigenvalue weighted by atomic mass is 32.3. The average Bonchev–Trinajstić information content (AvgIpc) is 2.78. The van der Waals surface area contributed by atoms with Crippen molar-refractivity contribution in [2.45, 2.75) is 43.8 Å². The number of piperidine rings is 2. The van der Waals surface area contributed by atoms with Gasteiger partial charge < -0.3 is 15.1 Å². The quantitative estimate of drug-likeness (QED) is 0.628. The number of hydrogen-bond acceptors (Lipinski definition) is 6. The van der Waals surface area contributed by atoms with E-state index in [1.165, 1.54) is 4.90 Å². The summed E-state index contributed by atoms with van der Waals surface area (Å²) in [5.41, 5.74) is 0. The Hall–Kier alpha value is -1.43. The number of carbonyl (C=O) groups excluding carboxylic acids is 2. The molecule has 3 heterocycles. The van der Waals surface area contributed by atoms with E-state index in [1.54, 1.807) is 11.9 Å². The zero-order valence-corrected chi connectivity index (χ0v) is 14.2. The van der Waals surface area contributed by atoms with E-state index in [0.29, 0.717) is 17.9 Å².